The molecular formula is C6H15N+. The van der Waals surface area contributed by atoms with Gasteiger partial charge in [-0.15, -0.1) is 0 Å². The van der Waals surface area contributed by atoms with E-state index in [1.807, 2.05) is 0 Å². The van der Waals surface area contributed by atoms with E-state index in [-0.39, 0.29) is 0 Å². The molecule has 0 rings (SSSR count). The number of quaternary nitrogens is 1. The Bertz CT molecular complexity index is 42.6. The van der Waals surface area contributed by atoms with Crippen molar-refractivity contribution in [2.75, 3.05) is 27.7 Å². The van der Waals surface area contributed by atoms with Crippen LogP contribution >= 0.6 is 0 Å². The van der Waals surface area contributed by atoms with Crippen molar-refractivity contribution in [2.24, 2.45) is 0 Å². The summed E-state index contributed by atoms with van der Waals surface area (Å²) in [5.74, 6) is 0. The van der Waals surface area contributed by atoms with Gasteiger partial charge in [0.2, 0.25) is 0 Å². The third-order valence-electron chi connectivity index (χ3n) is 0.829. The van der Waals surface area contributed by atoms with Gasteiger partial charge >= 0.3 is 0 Å². The van der Waals surface area contributed by atoms with E-state index >= 15 is 0 Å². The first kappa shape index (κ1) is 6.96. The van der Waals surface area contributed by atoms with E-state index in [0.29, 0.717) is 0 Å². The summed E-state index contributed by atoms with van der Waals surface area (Å²) in [6.45, 7) is 4.92. The SMILES string of the molecule is [CH2]CC[N+](C)(C)C. The van der Waals surface area contributed by atoms with Gasteiger partial charge in [-0.05, 0) is 13.3 Å². The molecule has 0 spiro atoms. The standard InChI is InChI=1S/C6H15N/c1-5-6-7(2,3)4/h1,5-6H2,2-4H3/q+1. The summed E-state index contributed by atoms with van der Waals surface area (Å²) in [5, 5.41) is 0. The lowest BCUT2D eigenvalue weighted by atomic mass is 10.4. The first-order valence-electron chi connectivity index (χ1n) is 2.66. The highest BCUT2D eigenvalue weighted by atomic mass is 15.3. The zero-order valence-electron chi connectivity index (χ0n) is 5.57. The summed E-state index contributed by atoms with van der Waals surface area (Å²) in [6, 6.07) is 0. The minimum absolute atomic E-state index is 1.03. The van der Waals surface area contributed by atoms with Crippen LogP contribution in [0, 0.1) is 6.92 Å². The van der Waals surface area contributed by atoms with Crippen molar-refractivity contribution in [2.45, 2.75) is 6.42 Å². The highest BCUT2D eigenvalue weighted by molar-refractivity contribution is 4.33. The number of nitrogens with zero attached hydrogens (tertiary/aromatic N) is 1. The predicted molar refractivity (Wildman–Crippen MR) is 32.9 cm³/mol. The Labute approximate surface area is 46.5 Å². The molecule has 1 radical (unpaired) electrons. The summed E-state index contributed by atoms with van der Waals surface area (Å²) >= 11 is 0. The predicted octanol–water partition coefficient (Wildman–Crippen LogP) is 0.917. The van der Waals surface area contributed by atoms with Crippen molar-refractivity contribution in [3.63, 3.8) is 0 Å². The molecule has 0 amide bonds. The summed E-state index contributed by atoms with van der Waals surface area (Å²) in [6.07, 6.45) is 1.03. The first-order valence-corrected chi connectivity index (χ1v) is 2.66. The van der Waals surface area contributed by atoms with Crippen LogP contribution in [0.1, 0.15) is 6.42 Å². The molecule has 0 unspecified atom stereocenters. The fourth-order valence-corrected chi connectivity index (χ4v) is 0.474. The summed E-state index contributed by atoms with van der Waals surface area (Å²) in [7, 11) is 6.52. The van der Waals surface area contributed by atoms with Gasteiger partial charge in [0.25, 0.3) is 0 Å². The monoisotopic (exact) mass is 101 g/mol. The van der Waals surface area contributed by atoms with Crippen molar-refractivity contribution in [1.29, 1.82) is 0 Å². The van der Waals surface area contributed by atoms with Crippen LogP contribution in [0.3, 0.4) is 0 Å². The lowest BCUT2D eigenvalue weighted by Gasteiger charge is -2.22. The maximum atomic E-state index is 3.76. The molecule has 0 saturated carbocycles. The first-order chi connectivity index (χ1) is 3.06. The smallest absolute Gasteiger partial charge is 0.0780 e. The number of hydrogen-bond donors (Lipinski definition) is 0. The van der Waals surface area contributed by atoms with Crippen LogP contribution in [0.2, 0.25) is 0 Å². The molecule has 0 N–H and O–H groups in total. The van der Waals surface area contributed by atoms with Crippen molar-refractivity contribution in [1.82, 2.24) is 0 Å². The van der Waals surface area contributed by atoms with Gasteiger partial charge in [0.05, 0.1) is 27.7 Å². The molecule has 0 fully saturated rings. The Kier molecular flexibility index (Phi) is 2.30. The second kappa shape index (κ2) is 2.31. The lowest BCUT2D eigenvalue weighted by molar-refractivity contribution is -0.870. The van der Waals surface area contributed by atoms with E-state index in [1.165, 1.54) is 6.54 Å². The molecule has 0 aliphatic carbocycles. The van der Waals surface area contributed by atoms with Gasteiger partial charge < -0.3 is 4.48 Å². The van der Waals surface area contributed by atoms with Crippen LogP contribution in [-0.2, 0) is 0 Å². The highest BCUT2D eigenvalue weighted by Gasteiger charge is 2.01. The van der Waals surface area contributed by atoms with Gasteiger partial charge in [-0.3, -0.25) is 0 Å². The quantitative estimate of drug-likeness (QED) is 0.454. The molecule has 1 heteroatoms. The summed E-state index contributed by atoms with van der Waals surface area (Å²) < 4.78 is 1.03. The molecule has 7 heavy (non-hydrogen) atoms. The fraction of sp³-hybridized carbons (Fsp3) is 0.833. The Balaban J connectivity index is 3.15. The zero-order valence-corrected chi connectivity index (χ0v) is 5.57. The zero-order chi connectivity index (χ0) is 5.91. The Morgan fingerprint density at radius 1 is 1.29 bits per heavy atom. The van der Waals surface area contributed by atoms with Gasteiger partial charge in [-0.2, -0.15) is 0 Å². The molecule has 0 bridgehead atoms. The van der Waals surface area contributed by atoms with Crippen molar-refractivity contribution in [3.05, 3.63) is 6.92 Å². The average molecular weight is 101 g/mol. The lowest BCUT2D eigenvalue weighted by Crippen LogP contribution is -2.34. The molecule has 0 atom stereocenters. The third-order valence-corrected chi connectivity index (χ3v) is 0.829. The van der Waals surface area contributed by atoms with Crippen LogP contribution in [0.4, 0.5) is 0 Å². The highest BCUT2D eigenvalue weighted by Crippen LogP contribution is 1.89. The van der Waals surface area contributed by atoms with E-state index in [9.17, 15) is 0 Å². The van der Waals surface area contributed by atoms with E-state index in [1.54, 1.807) is 0 Å². The molecule has 0 saturated heterocycles. The van der Waals surface area contributed by atoms with Gasteiger partial charge in [-0.1, -0.05) is 0 Å². The number of rotatable bonds is 2. The fourth-order valence-electron chi connectivity index (χ4n) is 0.474. The maximum absolute atomic E-state index is 3.76. The second-order valence-corrected chi connectivity index (χ2v) is 2.87. The van der Waals surface area contributed by atoms with Crippen LogP contribution in [0.15, 0.2) is 0 Å². The molecule has 0 aliphatic heterocycles. The molecule has 0 aromatic carbocycles. The Hall–Kier alpha value is -0.0400. The van der Waals surface area contributed by atoms with Crippen molar-refractivity contribution < 1.29 is 4.48 Å². The maximum Gasteiger partial charge on any atom is 0.0780 e. The molecule has 0 aromatic rings. The minimum atomic E-state index is 1.03. The Morgan fingerprint density at radius 2 is 1.71 bits per heavy atom. The molecule has 1 nitrogen and oxygen atoms in total. The molecule has 43 valence electrons. The van der Waals surface area contributed by atoms with E-state index in [0.717, 1.165) is 10.9 Å². The topological polar surface area (TPSA) is 0 Å². The minimum Gasteiger partial charge on any atom is -0.331 e. The van der Waals surface area contributed by atoms with E-state index in [4.69, 9.17) is 0 Å². The Morgan fingerprint density at radius 3 is 1.71 bits per heavy atom. The van der Waals surface area contributed by atoms with Crippen LogP contribution in [-0.4, -0.2) is 32.2 Å². The van der Waals surface area contributed by atoms with E-state index in [2.05, 4.69) is 28.1 Å². The van der Waals surface area contributed by atoms with Crippen molar-refractivity contribution in [3.8, 4) is 0 Å². The van der Waals surface area contributed by atoms with Crippen LogP contribution in [0.25, 0.3) is 0 Å². The number of hydrogen-bond acceptors (Lipinski definition) is 0. The summed E-state index contributed by atoms with van der Waals surface area (Å²) in [5.41, 5.74) is 0. The largest absolute Gasteiger partial charge is 0.331 e. The average Bonchev–Trinajstić information content (AvgIpc) is 1.30. The molecule has 0 aromatic heterocycles. The van der Waals surface area contributed by atoms with Crippen molar-refractivity contribution >= 4 is 0 Å². The molecule has 0 aliphatic rings. The van der Waals surface area contributed by atoms with Gasteiger partial charge in [0, 0.05) is 0 Å². The van der Waals surface area contributed by atoms with Crippen LogP contribution < -0.4 is 0 Å². The van der Waals surface area contributed by atoms with Crippen LogP contribution in [0.5, 0.6) is 0 Å². The normalized spacial score (nSPS) is 12.0. The second-order valence-electron chi connectivity index (χ2n) is 2.87. The van der Waals surface area contributed by atoms with E-state index < -0.39 is 0 Å². The molecular weight excluding hydrogens is 86.1 g/mol. The van der Waals surface area contributed by atoms with Gasteiger partial charge in [-0.25, -0.2) is 0 Å². The summed E-state index contributed by atoms with van der Waals surface area (Å²) in [4.78, 5) is 0. The molecule has 0 heterocycles. The van der Waals surface area contributed by atoms with Gasteiger partial charge in [0.1, 0.15) is 0 Å². The third kappa shape index (κ3) is 5.96. The van der Waals surface area contributed by atoms with Gasteiger partial charge in [0.15, 0.2) is 0 Å².